The molecule has 0 spiro atoms. The SMILES string of the molecule is COC(=O)c1ccc([C@]23C=C(C#N)C(=O)[C@@H](C)[C@@H]2CCc2c(-c4cncn4C)nc(C)nc23)cc1. The maximum absolute atomic E-state index is 13.0. The first-order valence-corrected chi connectivity index (χ1v) is 11.5. The molecule has 0 fully saturated rings. The molecule has 3 atom stereocenters. The number of nitriles is 1. The molecule has 2 aliphatic rings. The van der Waals surface area contributed by atoms with Gasteiger partial charge in [0, 0.05) is 18.5 Å². The van der Waals surface area contributed by atoms with E-state index in [1.54, 1.807) is 30.7 Å². The Kier molecular flexibility index (Phi) is 5.36. The zero-order valence-corrected chi connectivity index (χ0v) is 20.1. The minimum Gasteiger partial charge on any atom is -0.465 e. The summed E-state index contributed by atoms with van der Waals surface area (Å²) < 4.78 is 6.79. The van der Waals surface area contributed by atoms with Crippen LogP contribution in [0.5, 0.6) is 0 Å². The van der Waals surface area contributed by atoms with E-state index in [0.717, 1.165) is 34.6 Å². The van der Waals surface area contributed by atoms with E-state index in [9.17, 15) is 14.9 Å². The highest BCUT2D eigenvalue weighted by atomic mass is 16.5. The monoisotopic (exact) mass is 467 g/mol. The van der Waals surface area contributed by atoms with Crippen molar-refractivity contribution < 1.29 is 14.3 Å². The van der Waals surface area contributed by atoms with E-state index in [4.69, 9.17) is 14.7 Å². The van der Waals surface area contributed by atoms with Crippen LogP contribution in [0.15, 0.2) is 48.4 Å². The fraction of sp³-hybridized carbons (Fsp3) is 0.333. The minimum absolute atomic E-state index is 0.0998. The molecule has 8 heteroatoms. The van der Waals surface area contributed by atoms with Gasteiger partial charge in [-0.25, -0.2) is 19.7 Å². The van der Waals surface area contributed by atoms with Gasteiger partial charge >= 0.3 is 5.97 Å². The minimum atomic E-state index is -0.818. The van der Waals surface area contributed by atoms with Crippen LogP contribution in [0.4, 0.5) is 0 Å². The molecule has 35 heavy (non-hydrogen) atoms. The Hall–Kier alpha value is -4.12. The van der Waals surface area contributed by atoms with E-state index in [-0.39, 0.29) is 23.2 Å². The Balaban J connectivity index is 1.84. The zero-order chi connectivity index (χ0) is 24.9. The summed E-state index contributed by atoms with van der Waals surface area (Å²) >= 11 is 0. The van der Waals surface area contributed by atoms with Crippen molar-refractivity contribution in [1.29, 1.82) is 5.26 Å². The van der Waals surface area contributed by atoms with E-state index in [2.05, 4.69) is 11.1 Å². The summed E-state index contributed by atoms with van der Waals surface area (Å²) in [5.74, 6) is -0.425. The van der Waals surface area contributed by atoms with Crippen molar-refractivity contribution in [2.45, 2.75) is 32.1 Å². The van der Waals surface area contributed by atoms with Gasteiger partial charge in [-0.1, -0.05) is 19.1 Å². The van der Waals surface area contributed by atoms with Gasteiger partial charge in [0.1, 0.15) is 11.9 Å². The summed E-state index contributed by atoms with van der Waals surface area (Å²) in [6, 6.07) is 9.33. The van der Waals surface area contributed by atoms with Crippen molar-refractivity contribution in [3.05, 3.63) is 76.6 Å². The Morgan fingerprint density at radius 2 is 2.00 bits per heavy atom. The van der Waals surface area contributed by atoms with Gasteiger partial charge in [0.2, 0.25) is 0 Å². The fourth-order valence-electron chi connectivity index (χ4n) is 5.74. The number of ether oxygens (including phenoxy) is 1. The van der Waals surface area contributed by atoms with Crippen molar-refractivity contribution in [1.82, 2.24) is 19.5 Å². The number of methoxy groups -OCH3 is 1. The van der Waals surface area contributed by atoms with Gasteiger partial charge in [-0.05, 0) is 49.5 Å². The summed E-state index contributed by atoms with van der Waals surface area (Å²) in [4.78, 5) is 39.1. The van der Waals surface area contributed by atoms with Crippen LogP contribution in [0.3, 0.4) is 0 Å². The van der Waals surface area contributed by atoms with Gasteiger partial charge < -0.3 is 9.30 Å². The number of imidazole rings is 1. The van der Waals surface area contributed by atoms with Crippen LogP contribution in [-0.2, 0) is 28.4 Å². The number of hydrogen-bond acceptors (Lipinski definition) is 7. The van der Waals surface area contributed by atoms with Crippen molar-refractivity contribution in [2.24, 2.45) is 18.9 Å². The summed E-state index contributed by atoms with van der Waals surface area (Å²) in [6.45, 7) is 3.75. The Morgan fingerprint density at radius 1 is 1.26 bits per heavy atom. The predicted octanol–water partition coefficient (Wildman–Crippen LogP) is 3.49. The maximum atomic E-state index is 13.0. The van der Waals surface area contributed by atoms with E-state index >= 15 is 0 Å². The molecule has 0 aliphatic heterocycles. The van der Waals surface area contributed by atoms with Crippen LogP contribution in [0.2, 0.25) is 0 Å². The molecule has 8 nitrogen and oxygen atoms in total. The van der Waals surface area contributed by atoms with Gasteiger partial charge in [-0.3, -0.25) is 4.79 Å². The normalized spacial score (nSPS) is 23.1. The van der Waals surface area contributed by atoms with Gasteiger partial charge in [-0.2, -0.15) is 5.26 Å². The number of carbonyl (C=O) groups is 2. The highest BCUT2D eigenvalue weighted by Crippen LogP contribution is 2.54. The maximum Gasteiger partial charge on any atom is 0.337 e. The van der Waals surface area contributed by atoms with Crippen LogP contribution in [0, 0.1) is 30.1 Å². The molecule has 2 aromatic heterocycles. The summed E-state index contributed by atoms with van der Waals surface area (Å²) in [7, 11) is 3.27. The molecule has 1 aromatic carbocycles. The first-order valence-electron chi connectivity index (χ1n) is 11.5. The molecule has 0 saturated carbocycles. The highest BCUT2D eigenvalue weighted by molar-refractivity contribution is 6.02. The number of carbonyl (C=O) groups excluding carboxylic acids is 2. The highest BCUT2D eigenvalue weighted by Gasteiger charge is 2.53. The average molecular weight is 468 g/mol. The molecular weight excluding hydrogens is 442 g/mol. The number of aryl methyl sites for hydroxylation is 2. The van der Waals surface area contributed by atoms with Crippen LogP contribution in [0.25, 0.3) is 11.4 Å². The average Bonchev–Trinajstić information content (AvgIpc) is 3.30. The zero-order valence-electron chi connectivity index (χ0n) is 20.1. The third-order valence-electron chi connectivity index (χ3n) is 7.42. The molecule has 0 N–H and O–H groups in total. The van der Waals surface area contributed by atoms with Crippen LogP contribution < -0.4 is 0 Å². The molecular formula is C27H25N5O3. The van der Waals surface area contributed by atoms with Crippen LogP contribution in [-0.4, -0.2) is 38.4 Å². The lowest BCUT2D eigenvalue weighted by atomic mass is 9.54. The van der Waals surface area contributed by atoms with E-state index < -0.39 is 11.4 Å². The molecule has 0 bridgehead atoms. The lowest BCUT2D eigenvalue weighted by Gasteiger charge is -2.48. The number of aromatic nitrogens is 4. The van der Waals surface area contributed by atoms with Crippen molar-refractivity contribution in [3.8, 4) is 17.5 Å². The molecule has 0 saturated heterocycles. The Bertz CT molecular complexity index is 1430. The molecule has 0 radical (unpaired) electrons. The number of nitrogens with zero attached hydrogens (tertiary/aromatic N) is 5. The van der Waals surface area contributed by atoms with E-state index in [1.165, 1.54) is 7.11 Å². The first kappa shape index (κ1) is 22.7. The molecule has 3 aromatic rings. The lowest BCUT2D eigenvalue weighted by molar-refractivity contribution is -0.121. The Morgan fingerprint density at radius 3 is 2.63 bits per heavy atom. The molecule has 0 unspecified atom stereocenters. The van der Waals surface area contributed by atoms with E-state index in [0.29, 0.717) is 17.8 Å². The molecule has 2 heterocycles. The summed E-state index contributed by atoms with van der Waals surface area (Å²) in [5, 5.41) is 9.88. The van der Waals surface area contributed by atoms with Crippen molar-refractivity contribution >= 4 is 11.8 Å². The van der Waals surface area contributed by atoms with Gasteiger partial charge in [-0.15, -0.1) is 0 Å². The number of Topliss-reactive ketones (excluding diaryl/α,β-unsaturated/α-hetero) is 1. The fourth-order valence-corrected chi connectivity index (χ4v) is 5.74. The number of ketones is 1. The topological polar surface area (TPSA) is 111 Å². The number of hydrogen-bond donors (Lipinski definition) is 0. The van der Waals surface area contributed by atoms with Gasteiger partial charge in [0.15, 0.2) is 5.78 Å². The predicted molar refractivity (Wildman–Crippen MR) is 127 cm³/mol. The Labute approximate surface area is 203 Å². The quantitative estimate of drug-likeness (QED) is 0.542. The van der Waals surface area contributed by atoms with Crippen molar-refractivity contribution in [2.75, 3.05) is 7.11 Å². The second-order valence-electron chi connectivity index (χ2n) is 9.24. The first-order chi connectivity index (χ1) is 16.8. The standard InChI is InChI=1S/C27H25N5O3/c1-15-21-10-9-20-23(22-13-29-14-32(22)3)30-16(2)31-25(20)27(21,11-18(12-28)24(15)33)19-7-5-17(6-8-19)26(34)35-4/h5-8,11,13-15,21H,9-10H2,1-4H3/t15-,21-,27+/m0/s1. The van der Waals surface area contributed by atoms with Crippen LogP contribution >= 0.6 is 0 Å². The molecule has 176 valence electrons. The molecule has 0 amide bonds. The summed E-state index contributed by atoms with van der Waals surface area (Å²) in [5.41, 5.74) is 4.10. The third-order valence-corrected chi connectivity index (χ3v) is 7.42. The van der Waals surface area contributed by atoms with Gasteiger partial charge in [0.25, 0.3) is 0 Å². The second-order valence-corrected chi connectivity index (χ2v) is 9.24. The van der Waals surface area contributed by atoms with Gasteiger partial charge in [0.05, 0.1) is 53.3 Å². The third kappa shape index (κ3) is 3.30. The largest absolute Gasteiger partial charge is 0.465 e. The lowest BCUT2D eigenvalue weighted by Crippen LogP contribution is -2.48. The second kappa shape index (κ2) is 8.27. The molecule has 5 rings (SSSR count). The number of benzene rings is 1. The van der Waals surface area contributed by atoms with Crippen molar-refractivity contribution in [3.63, 3.8) is 0 Å². The van der Waals surface area contributed by atoms with Crippen LogP contribution in [0.1, 0.15) is 46.3 Å². The summed E-state index contributed by atoms with van der Waals surface area (Å²) in [6.07, 6.45) is 6.75. The number of rotatable bonds is 3. The number of allylic oxidation sites excluding steroid dienone is 2. The number of esters is 1. The smallest absolute Gasteiger partial charge is 0.337 e. The number of fused-ring (bicyclic) bond motifs is 3. The molecule has 2 aliphatic carbocycles. The van der Waals surface area contributed by atoms with E-state index in [1.807, 2.05) is 37.6 Å².